The van der Waals surface area contributed by atoms with Crippen LogP contribution in [0.2, 0.25) is 0 Å². The molecule has 2 aromatic rings. The van der Waals surface area contributed by atoms with Gasteiger partial charge in [0.1, 0.15) is 6.61 Å². The summed E-state index contributed by atoms with van der Waals surface area (Å²) in [5.41, 5.74) is 3.87. The summed E-state index contributed by atoms with van der Waals surface area (Å²) in [6.45, 7) is 3.88. The van der Waals surface area contributed by atoms with Crippen LogP contribution in [0.15, 0.2) is 42.5 Å². The van der Waals surface area contributed by atoms with Gasteiger partial charge in [0.25, 0.3) is 0 Å². The molecular formula is C19H23NO2. The molecule has 0 saturated carbocycles. The minimum absolute atomic E-state index is 0.411. The standard InChI is InChI=1S/C19H23NO2/c1-14-17-12-19(22-13-15-7-5-4-6-8-15)18(21-3)11-16(17)9-10-20(14)2/h4-8,11-12,14H,9-10,13H2,1-3H3. The molecule has 0 spiro atoms. The van der Waals surface area contributed by atoms with Gasteiger partial charge in [0.05, 0.1) is 7.11 Å². The third-order valence-electron chi connectivity index (χ3n) is 4.51. The second-order valence-corrected chi connectivity index (χ2v) is 5.88. The molecule has 22 heavy (non-hydrogen) atoms. The van der Waals surface area contributed by atoms with Crippen molar-refractivity contribution in [3.63, 3.8) is 0 Å². The first-order valence-corrected chi connectivity index (χ1v) is 7.77. The Bertz CT molecular complexity index is 639. The lowest BCUT2D eigenvalue weighted by atomic mass is 9.93. The van der Waals surface area contributed by atoms with Gasteiger partial charge in [-0.3, -0.25) is 4.90 Å². The van der Waals surface area contributed by atoms with Crippen molar-refractivity contribution in [1.29, 1.82) is 0 Å². The fraction of sp³-hybridized carbons (Fsp3) is 0.368. The zero-order valence-corrected chi connectivity index (χ0v) is 13.5. The first-order chi connectivity index (χ1) is 10.7. The van der Waals surface area contributed by atoms with E-state index in [0.29, 0.717) is 12.6 Å². The fourth-order valence-corrected chi connectivity index (χ4v) is 2.96. The van der Waals surface area contributed by atoms with Gasteiger partial charge in [0, 0.05) is 12.6 Å². The largest absolute Gasteiger partial charge is 0.493 e. The zero-order chi connectivity index (χ0) is 15.5. The van der Waals surface area contributed by atoms with Gasteiger partial charge in [-0.05, 0) is 49.2 Å². The molecule has 1 aliphatic heterocycles. The van der Waals surface area contributed by atoms with Crippen LogP contribution in [-0.2, 0) is 13.0 Å². The van der Waals surface area contributed by atoms with Crippen molar-refractivity contribution in [3.8, 4) is 11.5 Å². The highest BCUT2D eigenvalue weighted by Gasteiger charge is 2.23. The molecule has 1 atom stereocenters. The van der Waals surface area contributed by atoms with E-state index in [2.05, 4.69) is 43.1 Å². The number of likely N-dealkylation sites (N-methyl/N-ethyl adjacent to an activating group) is 1. The summed E-state index contributed by atoms with van der Waals surface area (Å²) in [4.78, 5) is 2.37. The Morgan fingerprint density at radius 1 is 1.14 bits per heavy atom. The van der Waals surface area contributed by atoms with Crippen molar-refractivity contribution in [3.05, 3.63) is 59.2 Å². The van der Waals surface area contributed by atoms with Gasteiger partial charge in [0.15, 0.2) is 11.5 Å². The molecule has 0 fully saturated rings. The highest BCUT2D eigenvalue weighted by molar-refractivity contribution is 5.49. The lowest BCUT2D eigenvalue weighted by Gasteiger charge is -2.32. The molecule has 0 bridgehead atoms. The van der Waals surface area contributed by atoms with Gasteiger partial charge in [0.2, 0.25) is 0 Å². The number of fused-ring (bicyclic) bond motifs is 1. The van der Waals surface area contributed by atoms with Crippen LogP contribution in [0.5, 0.6) is 11.5 Å². The monoisotopic (exact) mass is 297 g/mol. The van der Waals surface area contributed by atoms with Crippen molar-refractivity contribution in [2.75, 3.05) is 20.7 Å². The Kier molecular flexibility index (Phi) is 4.34. The molecule has 0 aliphatic carbocycles. The molecule has 1 heterocycles. The van der Waals surface area contributed by atoms with E-state index in [1.54, 1.807) is 7.11 Å². The Morgan fingerprint density at radius 2 is 1.91 bits per heavy atom. The first-order valence-electron chi connectivity index (χ1n) is 7.77. The first kappa shape index (κ1) is 14.9. The third kappa shape index (κ3) is 2.95. The topological polar surface area (TPSA) is 21.7 Å². The number of methoxy groups -OCH3 is 1. The molecule has 1 unspecified atom stereocenters. The summed E-state index contributed by atoms with van der Waals surface area (Å²) < 4.78 is 11.5. The summed E-state index contributed by atoms with van der Waals surface area (Å²) in [6.07, 6.45) is 1.06. The zero-order valence-electron chi connectivity index (χ0n) is 13.5. The van der Waals surface area contributed by atoms with Gasteiger partial charge in [-0.15, -0.1) is 0 Å². The van der Waals surface area contributed by atoms with E-state index in [0.717, 1.165) is 30.0 Å². The second-order valence-electron chi connectivity index (χ2n) is 5.88. The van der Waals surface area contributed by atoms with Gasteiger partial charge >= 0.3 is 0 Å². The maximum absolute atomic E-state index is 6.02. The van der Waals surface area contributed by atoms with Crippen LogP contribution in [-0.4, -0.2) is 25.6 Å². The average Bonchev–Trinajstić information content (AvgIpc) is 2.57. The van der Waals surface area contributed by atoms with Crippen LogP contribution >= 0.6 is 0 Å². The molecule has 0 saturated heterocycles. The number of rotatable bonds is 4. The van der Waals surface area contributed by atoms with Crippen LogP contribution < -0.4 is 9.47 Å². The molecule has 1 aliphatic rings. The Hall–Kier alpha value is -2.00. The van der Waals surface area contributed by atoms with Crippen LogP contribution in [0.4, 0.5) is 0 Å². The number of hydrogen-bond donors (Lipinski definition) is 0. The predicted molar refractivity (Wildman–Crippen MR) is 88.5 cm³/mol. The molecule has 2 aromatic carbocycles. The van der Waals surface area contributed by atoms with Crippen molar-refractivity contribution in [2.24, 2.45) is 0 Å². The summed E-state index contributed by atoms with van der Waals surface area (Å²) >= 11 is 0. The summed E-state index contributed by atoms with van der Waals surface area (Å²) in [5.74, 6) is 1.65. The molecule has 116 valence electrons. The third-order valence-corrected chi connectivity index (χ3v) is 4.51. The van der Waals surface area contributed by atoms with Crippen LogP contribution in [0.3, 0.4) is 0 Å². The summed E-state index contributed by atoms with van der Waals surface area (Å²) in [7, 11) is 3.87. The van der Waals surface area contributed by atoms with Crippen LogP contribution in [0.25, 0.3) is 0 Å². The van der Waals surface area contributed by atoms with E-state index in [-0.39, 0.29) is 0 Å². The SMILES string of the molecule is COc1cc2c(cc1OCc1ccccc1)C(C)N(C)CC2. The van der Waals surface area contributed by atoms with E-state index in [1.807, 2.05) is 18.2 Å². The number of nitrogens with zero attached hydrogens (tertiary/aromatic N) is 1. The molecule has 3 rings (SSSR count). The normalized spacial score (nSPS) is 17.9. The van der Waals surface area contributed by atoms with Gasteiger partial charge < -0.3 is 9.47 Å². The van der Waals surface area contributed by atoms with Crippen molar-refractivity contribution >= 4 is 0 Å². The molecule has 3 heteroatoms. The molecule has 0 radical (unpaired) electrons. The number of hydrogen-bond acceptors (Lipinski definition) is 3. The second kappa shape index (κ2) is 6.41. The van der Waals surface area contributed by atoms with E-state index >= 15 is 0 Å². The molecular weight excluding hydrogens is 274 g/mol. The van der Waals surface area contributed by atoms with Crippen molar-refractivity contribution in [1.82, 2.24) is 4.90 Å². The van der Waals surface area contributed by atoms with E-state index in [4.69, 9.17) is 9.47 Å². The van der Waals surface area contributed by atoms with E-state index < -0.39 is 0 Å². The predicted octanol–water partition coefficient (Wildman–Crippen LogP) is 3.82. The molecule has 0 N–H and O–H groups in total. The minimum Gasteiger partial charge on any atom is -0.493 e. The number of benzene rings is 2. The van der Waals surface area contributed by atoms with Crippen LogP contribution in [0, 0.1) is 0 Å². The van der Waals surface area contributed by atoms with E-state index in [1.165, 1.54) is 11.1 Å². The Balaban J connectivity index is 1.86. The average molecular weight is 297 g/mol. The Labute approximate surface area is 132 Å². The lowest BCUT2D eigenvalue weighted by Crippen LogP contribution is -2.30. The summed E-state index contributed by atoms with van der Waals surface area (Å²) in [5, 5.41) is 0. The molecule has 3 nitrogen and oxygen atoms in total. The quantitative estimate of drug-likeness (QED) is 0.856. The van der Waals surface area contributed by atoms with Gasteiger partial charge in [-0.2, -0.15) is 0 Å². The number of ether oxygens (including phenoxy) is 2. The van der Waals surface area contributed by atoms with Crippen molar-refractivity contribution in [2.45, 2.75) is 26.0 Å². The maximum atomic E-state index is 6.02. The fourth-order valence-electron chi connectivity index (χ4n) is 2.96. The maximum Gasteiger partial charge on any atom is 0.162 e. The molecule has 0 amide bonds. The van der Waals surface area contributed by atoms with E-state index in [9.17, 15) is 0 Å². The Morgan fingerprint density at radius 3 is 2.64 bits per heavy atom. The highest BCUT2D eigenvalue weighted by Crippen LogP contribution is 2.37. The highest BCUT2D eigenvalue weighted by atomic mass is 16.5. The van der Waals surface area contributed by atoms with Crippen molar-refractivity contribution < 1.29 is 9.47 Å². The minimum atomic E-state index is 0.411. The lowest BCUT2D eigenvalue weighted by molar-refractivity contribution is 0.243. The van der Waals surface area contributed by atoms with Crippen LogP contribution in [0.1, 0.15) is 29.7 Å². The smallest absolute Gasteiger partial charge is 0.162 e. The molecule has 0 aromatic heterocycles. The van der Waals surface area contributed by atoms with Gasteiger partial charge in [-0.1, -0.05) is 30.3 Å². The summed E-state index contributed by atoms with van der Waals surface area (Å²) in [6, 6.07) is 14.9. The van der Waals surface area contributed by atoms with Gasteiger partial charge in [-0.25, -0.2) is 0 Å².